The van der Waals surface area contributed by atoms with E-state index < -0.39 is 21.6 Å². The summed E-state index contributed by atoms with van der Waals surface area (Å²) in [5, 5.41) is 8.98. The van der Waals surface area contributed by atoms with Crippen molar-refractivity contribution in [3.63, 3.8) is 0 Å². The van der Waals surface area contributed by atoms with E-state index in [0.717, 1.165) is 0 Å². The summed E-state index contributed by atoms with van der Waals surface area (Å²) in [6.45, 7) is 5.97. The molecule has 6 nitrogen and oxygen atoms in total. The number of nitrogens with zero attached hydrogens (tertiary/aromatic N) is 1. The molecule has 21 heavy (non-hydrogen) atoms. The first-order valence-electron chi connectivity index (χ1n) is 6.63. The summed E-state index contributed by atoms with van der Waals surface area (Å²) in [7, 11) is -3.73. The molecule has 0 spiro atoms. The van der Waals surface area contributed by atoms with Crippen LogP contribution in [0.5, 0.6) is 0 Å². The van der Waals surface area contributed by atoms with Gasteiger partial charge in [0.25, 0.3) is 0 Å². The molecule has 1 fully saturated rings. The summed E-state index contributed by atoms with van der Waals surface area (Å²) in [4.78, 5) is 11.0. The summed E-state index contributed by atoms with van der Waals surface area (Å²) in [6.07, 6.45) is -0.216. The lowest BCUT2D eigenvalue weighted by atomic mass is 10.1. The standard InChI is InChI=1S/C14H19NO5S/c1-10-8-15(9-14(2,3)20-10)21(18,19)12-6-4-5-11(7-12)13(16)17/h4-7,10H,8-9H2,1-3H3,(H,16,17). The Hall–Kier alpha value is -1.44. The number of aromatic carboxylic acids is 1. The number of sulfonamides is 1. The molecule has 1 aliphatic rings. The Kier molecular flexibility index (Phi) is 4.10. The van der Waals surface area contributed by atoms with E-state index in [1.54, 1.807) is 0 Å². The predicted octanol–water partition coefficient (Wildman–Crippen LogP) is 1.57. The lowest BCUT2D eigenvalue weighted by Gasteiger charge is -2.40. The zero-order valence-corrected chi connectivity index (χ0v) is 13.1. The highest BCUT2D eigenvalue weighted by Crippen LogP contribution is 2.26. The predicted molar refractivity (Wildman–Crippen MR) is 76.8 cm³/mol. The lowest BCUT2D eigenvalue weighted by Crippen LogP contribution is -2.53. The fourth-order valence-electron chi connectivity index (χ4n) is 2.52. The second-order valence-electron chi connectivity index (χ2n) is 5.82. The number of carboxylic acids is 1. The number of morpholine rings is 1. The summed E-state index contributed by atoms with van der Waals surface area (Å²) in [6, 6.07) is 5.40. The van der Waals surface area contributed by atoms with E-state index >= 15 is 0 Å². The van der Waals surface area contributed by atoms with Crippen LogP contribution in [0.2, 0.25) is 0 Å². The Morgan fingerprint density at radius 2 is 2.10 bits per heavy atom. The molecule has 0 saturated carbocycles. The molecule has 2 rings (SSSR count). The maximum atomic E-state index is 12.7. The molecule has 7 heteroatoms. The van der Waals surface area contributed by atoms with Gasteiger partial charge in [-0.25, -0.2) is 13.2 Å². The van der Waals surface area contributed by atoms with Crippen molar-refractivity contribution in [1.82, 2.24) is 4.31 Å². The molecule has 1 aromatic rings. The smallest absolute Gasteiger partial charge is 0.335 e. The third kappa shape index (κ3) is 3.42. The highest BCUT2D eigenvalue weighted by Gasteiger charge is 2.38. The molecule has 0 aromatic heterocycles. The van der Waals surface area contributed by atoms with Crippen molar-refractivity contribution in [2.75, 3.05) is 13.1 Å². The van der Waals surface area contributed by atoms with Gasteiger partial charge in [0.1, 0.15) is 0 Å². The van der Waals surface area contributed by atoms with Gasteiger partial charge in [-0.1, -0.05) is 6.07 Å². The number of hydrogen-bond donors (Lipinski definition) is 1. The summed E-state index contributed by atoms with van der Waals surface area (Å²) >= 11 is 0. The van der Waals surface area contributed by atoms with Crippen LogP contribution in [0.15, 0.2) is 29.2 Å². The van der Waals surface area contributed by atoms with Crippen LogP contribution < -0.4 is 0 Å². The van der Waals surface area contributed by atoms with Crippen molar-refractivity contribution in [3.8, 4) is 0 Å². The van der Waals surface area contributed by atoms with E-state index in [0.29, 0.717) is 0 Å². The van der Waals surface area contributed by atoms with Gasteiger partial charge in [-0.05, 0) is 39.0 Å². The fourth-order valence-corrected chi connectivity index (χ4v) is 4.23. The van der Waals surface area contributed by atoms with E-state index in [2.05, 4.69) is 0 Å². The second kappa shape index (κ2) is 5.40. The van der Waals surface area contributed by atoms with E-state index in [1.165, 1.54) is 28.6 Å². The van der Waals surface area contributed by atoms with Crippen LogP contribution in [-0.4, -0.2) is 48.6 Å². The van der Waals surface area contributed by atoms with E-state index in [9.17, 15) is 13.2 Å². The maximum absolute atomic E-state index is 12.7. The van der Waals surface area contributed by atoms with Crippen LogP contribution in [0.4, 0.5) is 0 Å². The van der Waals surface area contributed by atoms with Crippen LogP contribution in [-0.2, 0) is 14.8 Å². The molecule has 0 aliphatic carbocycles. The van der Waals surface area contributed by atoms with Crippen molar-refractivity contribution in [1.29, 1.82) is 0 Å². The van der Waals surface area contributed by atoms with Gasteiger partial charge in [0, 0.05) is 13.1 Å². The van der Waals surface area contributed by atoms with E-state index in [-0.39, 0.29) is 29.7 Å². The number of carboxylic acid groups (broad SMARTS) is 1. The molecule has 0 radical (unpaired) electrons. The fraction of sp³-hybridized carbons (Fsp3) is 0.500. The van der Waals surface area contributed by atoms with Crippen LogP contribution in [0.25, 0.3) is 0 Å². The van der Waals surface area contributed by atoms with Gasteiger partial charge in [-0.15, -0.1) is 0 Å². The average molecular weight is 313 g/mol. The van der Waals surface area contributed by atoms with Crippen molar-refractivity contribution in [2.24, 2.45) is 0 Å². The Morgan fingerprint density at radius 3 is 2.67 bits per heavy atom. The summed E-state index contributed by atoms with van der Waals surface area (Å²) in [5.74, 6) is -1.15. The minimum absolute atomic E-state index is 0.00713. The molecule has 1 aromatic carbocycles. The SMILES string of the molecule is CC1CN(S(=O)(=O)c2cccc(C(=O)O)c2)CC(C)(C)O1. The highest BCUT2D eigenvalue weighted by atomic mass is 32.2. The molecule has 116 valence electrons. The monoisotopic (exact) mass is 313 g/mol. The summed E-state index contributed by atoms with van der Waals surface area (Å²) < 4.78 is 32.4. The van der Waals surface area contributed by atoms with Gasteiger partial charge >= 0.3 is 5.97 Å². The zero-order valence-electron chi connectivity index (χ0n) is 12.2. The molecule has 0 amide bonds. The number of rotatable bonds is 3. The van der Waals surface area contributed by atoms with Crippen molar-refractivity contribution < 1.29 is 23.1 Å². The minimum Gasteiger partial charge on any atom is -0.478 e. The highest BCUT2D eigenvalue weighted by molar-refractivity contribution is 7.89. The topological polar surface area (TPSA) is 83.9 Å². The normalized spacial score (nSPS) is 22.9. The first kappa shape index (κ1) is 15.9. The molecular weight excluding hydrogens is 294 g/mol. The van der Waals surface area contributed by atoms with Crippen molar-refractivity contribution in [2.45, 2.75) is 37.4 Å². The molecule has 1 saturated heterocycles. The van der Waals surface area contributed by atoms with Gasteiger partial charge in [0.15, 0.2) is 0 Å². The third-order valence-electron chi connectivity index (χ3n) is 3.26. The molecule has 1 heterocycles. The van der Waals surface area contributed by atoms with Gasteiger partial charge in [0.05, 0.1) is 22.2 Å². The van der Waals surface area contributed by atoms with Crippen molar-refractivity contribution >= 4 is 16.0 Å². The Balaban J connectivity index is 2.38. The Bertz CT molecular complexity index is 653. The third-order valence-corrected chi connectivity index (χ3v) is 5.06. The van der Waals surface area contributed by atoms with Crippen LogP contribution >= 0.6 is 0 Å². The first-order chi connectivity index (χ1) is 9.62. The molecule has 0 bridgehead atoms. The number of ether oxygens (including phenoxy) is 1. The number of benzene rings is 1. The summed E-state index contributed by atoms with van der Waals surface area (Å²) in [5.41, 5.74) is -0.619. The molecule has 1 aliphatic heterocycles. The number of hydrogen-bond acceptors (Lipinski definition) is 4. The second-order valence-corrected chi connectivity index (χ2v) is 7.76. The van der Waals surface area contributed by atoms with Gasteiger partial charge in [0.2, 0.25) is 10.0 Å². The van der Waals surface area contributed by atoms with Crippen molar-refractivity contribution in [3.05, 3.63) is 29.8 Å². The number of carbonyl (C=O) groups is 1. The van der Waals surface area contributed by atoms with E-state index in [4.69, 9.17) is 9.84 Å². The molecule has 1 atom stereocenters. The van der Waals surface area contributed by atoms with E-state index in [1.807, 2.05) is 20.8 Å². The molecule has 1 unspecified atom stereocenters. The average Bonchev–Trinajstić information content (AvgIpc) is 2.36. The minimum atomic E-state index is -3.73. The Labute approximate surface area is 124 Å². The molecular formula is C14H19NO5S. The zero-order chi connectivity index (χ0) is 15.8. The maximum Gasteiger partial charge on any atom is 0.335 e. The van der Waals surface area contributed by atoms with Gasteiger partial charge in [-0.3, -0.25) is 0 Å². The van der Waals surface area contributed by atoms with Crippen LogP contribution in [0.1, 0.15) is 31.1 Å². The quantitative estimate of drug-likeness (QED) is 0.916. The Morgan fingerprint density at radius 1 is 1.43 bits per heavy atom. The van der Waals surface area contributed by atoms with Gasteiger partial charge < -0.3 is 9.84 Å². The first-order valence-corrected chi connectivity index (χ1v) is 8.07. The lowest BCUT2D eigenvalue weighted by molar-refractivity contribution is -0.109. The molecule has 1 N–H and O–H groups in total. The van der Waals surface area contributed by atoms with Crippen LogP contribution in [0, 0.1) is 0 Å². The van der Waals surface area contributed by atoms with Crippen LogP contribution in [0.3, 0.4) is 0 Å². The van der Waals surface area contributed by atoms with Gasteiger partial charge in [-0.2, -0.15) is 4.31 Å². The largest absolute Gasteiger partial charge is 0.478 e.